The maximum atomic E-state index is 13.2. The number of aromatic nitrogens is 5. The number of anilines is 1. The second kappa shape index (κ2) is 8.77. The van der Waals surface area contributed by atoms with Crippen LogP contribution in [-0.4, -0.2) is 62.3 Å². The Balaban J connectivity index is 1.72. The standard InChI is InChI=1S/C21H24F3N9/c1-12-10-32(13(2)19(30-12)14(6-25)7-26-3)17-4-5-27-20(31-17)15-8-29-18-9-28-16(11-33(15)18)21(22,23)24/h4-9,11-13,19,30H,10,25H2,1-3H3/b14-6+,26-7?. The van der Waals surface area contributed by atoms with Crippen LogP contribution in [0.1, 0.15) is 19.5 Å². The normalized spacial score (nSPS) is 22.4. The zero-order valence-corrected chi connectivity index (χ0v) is 18.3. The van der Waals surface area contributed by atoms with Gasteiger partial charge < -0.3 is 16.0 Å². The molecule has 3 N–H and O–H groups in total. The Morgan fingerprint density at radius 1 is 1.24 bits per heavy atom. The van der Waals surface area contributed by atoms with Crippen molar-refractivity contribution in [3.05, 3.63) is 48.3 Å². The van der Waals surface area contributed by atoms with Gasteiger partial charge in [-0.1, -0.05) is 0 Å². The predicted octanol–water partition coefficient (Wildman–Crippen LogP) is 2.30. The van der Waals surface area contributed by atoms with Gasteiger partial charge in [-0.05, 0) is 19.9 Å². The third-order valence-corrected chi connectivity index (χ3v) is 5.59. The van der Waals surface area contributed by atoms with E-state index in [0.717, 1.165) is 18.0 Å². The number of halogens is 3. The molecule has 9 nitrogen and oxygen atoms in total. The summed E-state index contributed by atoms with van der Waals surface area (Å²) in [4.78, 5) is 22.8. The third kappa shape index (κ3) is 4.38. The molecule has 3 aromatic heterocycles. The summed E-state index contributed by atoms with van der Waals surface area (Å²) in [5.74, 6) is 0.912. The topological polar surface area (TPSA) is 110 Å². The number of piperazine rings is 1. The maximum absolute atomic E-state index is 13.2. The summed E-state index contributed by atoms with van der Waals surface area (Å²) in [5.41, 5.74) is 6.28. The molecule has 0 aromatic carbocycles. The molecule has 33 heavy (non-hydrogen) atoms. The van der Waals surface area contributed by atoms with Crippen LogP contribution in [0.3, 0.4) is 0 Å². The summed E-state index contributed by atoms with van der Waals surface area (Å²) in [6.07, 6.45) is 3.70. The molecule has 3 atom stereocenters. The van der Waals surface area contributed by atoms with Crippen molar-refractivity contribution < 1.29 is 13.2 Å². The number of alkyl halides is 3. The van der Waals surface area contributed by atoms with E-state index in [1.54, 1.807) is 25.5 Å². The molecule has 0 saturated carbocycles. The van der Waals surface area contributed by atoms with E-state index in [4.69, 9.17) is 5.73 Å². The highest BCUT2D eigenvalue weighted by molar-refractivity contribution is 5.80. The van der Waals surface area contributed by atoms with Crippen LogP contribution in [0.2, 0.25) is 0 Å². The van der Waals surface area contributed by atoms with Crippen LogP contribution < -0.4 is 16.0 Å². The van der Waals surface area contributed by atoms with Crippen LogP contribution in [0.15, 0.2) is 47.6 Å². The van der Waals surface area contributed by atoms with Gasteiger partial charge >= 0.3 is 6.18 Å². The van der Waals surface area contributed by atoms with Crippen LogP contribution in [0, 0.1) is 0 Å². The van der Waals surface area contributed by atoms with Crippen LogP contribution >= 0.6 is 0 Å². The van der Waals surface area contributed by atoms with Crippen molar-refractivity contribution in [2.75, 3.05) is 18.5 Å². The molecule has 4 heterocycles. The molecule has 4 rings (SSSR count). The Morgan fingerprint density at radius 2 is 2.03 bits per heavy atom. The van der Waals surface area contributed by atoms with E-state index in [-0.39, 0.29) is 29.6 Å². The van der Waals surface area contributed by atoms with Gasteiger partial charge in [0.2, 0.25) is 0 Å². The van der Waals surface area contributed by atoms with E-state index < -0.39 is 11.9 Å². The Bertz CT molecular complexity index is 1200. The van der Waals surface area contributed by atoms with E-state index in [1.165, 1.54) is 16.8 Å². The molecule has 1 aliphatic rings. The summed E-state index contributed by atoms with van der Waals surface area (Å²) >= 11 is 0. The first-order valence-corrected chi connectivity index (χ1v) is 10.3. The van der Waals surface area contributed by atoms with Gasteiger partial charge in [-0.3, -0.25) is 9.39 Å². The molecular formula is C21H24F3N9. The second-order valence-electron chi connectivity index (χ2n) is 7.87. The summed E-state index contributed by atoms with van der Waals surface area (Å²) < 4.78 is 40.8. The van der Waals surface area contributed by atoms with Gasteiger partial charge in [-0.15, -0.1) is 0 Å². The predicted molar refractivity (Wildman–Crippen MR) is 119 cm³/mol. The van der Waals surface area contributed by atoms with E-state index in [9.17, 15) is 13.2 Å². The number of nitrogens with zero attached hydrogens (tertiary/aromatic N) is 7. The maximum Gasteiger partial charge on any atom is 0.434 e. The average Bonchev–Trinajstić information content (AvgIpc) is 3.22. The van der Waals surface area contributed by atoms with Gasteiger partial charge in [0, 0.05) is 56.1 Å². The highest BCUT2D eigenvalue weighted by Crippen LogP contribution is 2.29. The van der Waals surface area contributed by atoms with Crippen LogP contribution in [0.25, 0.3) is 17.2 Å². The highest BCUT2D eigenvalue weighted by Gasteiger charge is 2.35. The van der Waals surface area contributed by atoms with Crippen molar-refractivity contribution in [1.82, 2.24) is 29.7 Å². The number of hydrogen-bond donors (Lipinski definition) is 2. The third-order valence-electron chi connectivity index (χ3n) is 5.59. The number of imidazole rings is 1. The minimum Gasteiger partial charge on any atom is -0.404 e. The lowest BCUT2D eigenvalue weighted by molar-refractivity contribution is -0.141. The largest absolute Gasteiger partial charge is 0.434 e. The minimum atomic E-state index is -4.57. The van der Waals surface area contributed by atoms with Gasteiger partial charge in [0.25, 0.3) is 0 Å². The van der Waals surface area contributed by atoms with E-state index >= 15 is 0 Å². The van der Waals surface area contributed by atoms with Crippen molar-refractivity contribution >= 4 is 17.7 Å². The number of nitrogens with one attached hydrogen (secondary N) is 1. The second-order valence-corrected chi connectivity index (χ2v) is 7.87. The molecule has 0 radical (unpaired) electrons. The Hall–Kier alpha value is -3.54. The fourth-order valence-electron chi connectivity index (χ4n) is 4.03. The number of nitrogens with two attached hydrogens (primary N) is 1. The molecule has 0 aliphatic carbocycles. The van der Waals surface area contributed by atoms with Gasteiger partial charge in [-0.25, -0.2) is 19.9 Å². The Morgan fingerprint density at radius 3 is 2.73 bits per heavy atom. The zero-order chi connectivity index (χ0) is 23.8. The van der Waals surface area contributed by atoms with Gasteiger partial charge in [0.15, 0.2) is 17.2 Å². The van der Waals surface area contributed by atoms with Crippen molar-refractivity contribution in [2.24, 2.45) is 10.7 Å². The fraction of sp³-hybridized carbons (Fsp3) is 0.381. The molecule has 1 fully saturated rings. The molecule has 1 aliphatic heterocycles. The molecule has 3 unspecified atom stereocenters. The monoisotopic (exact) mass is 459 g/mol. The summed E-state index contributed by atoms with van der Waals surface area (Å²) in [7, 11) is 1.69. The molecule has 0 spiro atoms. The van der Waals surface area contributed by atoms with Gasteiger partial charge in [-0.2, -0.15) is 13.2 Å². The minimum absolute atomic E-state index is 0.0278. The molecule has 1 saturated heterocycles. The lowest BCUT2D eigenvalue weighted by Gasteiger charge is -2.44. The first-order valence-electron chi connectivity index (χ1n) is 10.3. The summed E-state index contributed by atoms with van der Waals surface area (Å²) in [6, 6.07) is 1.79. The van der Waals surface area contributed by atoms with Gasteiger partial charge in [0.1, 0.15) is 11.5 Å². The first-order chi connectivity index (χ1) is 15.7. The highest BCUT2D eigenvalue weighted by atomic mass is 19.4. The average molecular weight is 459 g/mol. The van der Waals surface area contributed by atoms with Gasteiger partial charge in [0.05, 0.1) is 18.4 Å². The molecule has 0 bridgehead atoms. The zero-order valence-electron chi connectivity index (χ0n) is 18.3. The Labute approximate surface area is 188 Å². The molecular weight excluding hydrogens is 435 g/mol. The summed E-state index contributed by atoms with van der Waals surface area (Å²) in [5, 5.41) is 3.54. The SMILES string of the molecule is CN=C/C(=C\N)C1NC(C)CN(c2ccnc(-c3cnc4cnc(C(F)(F)F)cn34)n2)C1C. The van der Waals surface area contributed by atoms with E-state index in [1.807, 2.05) is 6.92 Å². The molecule has 174 valence electrons. The molecule has 3 aromatic rings. The Kier molecular flexibility index (Phi) is 6.02. The van der Waals surface area contributed by atoms with Crippen molar-refractivity contribution in [2.45, 2.75) is 38.1 Å². The quantitative estimate of drug-likeness (QED) is 0.576. The lowest BCUT2D eigenvalue weighted by atomic mass is 9.95. The lowest BCUT2D eigenvalue weighted by Crippen LogP contribution is -2.61. The van der Waals surface area contributed by atoms with Crippen LogP contribution in [0.5, 0.6) is 0 Å². The number of fused-ring (bicyclic) bond motifs is 1. The van der Waals surface area contributed by atoms with E-state index in [0.29, 0.717) is 18.1 Å². The van der Waals surface area contributed by atoms with Crippen LogP contribution in [-0.2, 0) is 6.18 Å². The summed E-state index contributed by atoms with van der Waals surface area (Å²) in [6.45, 7) is 4.78. The smallest absolute Gasteiger partial charge is 0.404 e. The van der Waals surface area contributed by atoms with Crippen molar-refractivity contribution in [3.8, 4) is 11.5 Å². The van der Waals surface area contributed by atoms with Crippen molar-refractivity contribution in [3.63, 3.8) is 0 Å². The number of hydrogen-bond acceptors (Lipinski definition) is 8. The molecule has 0 amide bonds. The van der Waals surface area contributed by atoms with E-state index in [2.05, 4.69) is 42.1 Å². The number of aliphatic imine (C=N–C) groups is 1. The number of rotatable bonds is 4. The van der Waals surface area contributed by atoms with Crippen LogP contribution in [0.4, 0.5) is 19.0 Å². The van der Waals surface area contributed by atoms with Crippen molar-refractivity contribution in [1.29, 1.82) is 0 Å². The first kappa shape index (κ1) is 22.6. The molecule has 12 heteroatoms. The fourth-order valence-corrected chi connectivity index (χ4v) is 4.03.